The van der Waals surface area contributed by atoms with E-state index in [4.69, 9.17) is 9.84 Å². The number of carbonyl (C=O) groups is 2. The molecule has 5 nitrogen and oxygen atoms in total. The summed E-state index contributed by atoms with van der Waals surface area (Å²) in [6, 6.07) is 17.8. The lowest BCUT2D eigenvalue weighted by molar-refractivity contribution is -0.145. The summed E-state index contributed by atoms with van der Waals surface area (Å²) >= 11 is 0. The molecule has 0 spiro atoms. The molecular formula is C25H26N2O3. The number of Topliss-reactive ketones (excluding diaryl/α,β-unsaturated/α-hetero) is 1. The van der Waals surface area contributed by atoms with Crippen LogP contribution in [0.5, 0.6) is 0 Å². The van der Waals surface area contributed by atoms with Crippen molar-refractivity contribution in [2.45, 2.75) is 27.7 Å². The van der Waals surface area contributed by atoms with E-state index < -0.39 is 11.4 Å². The molecule has 1 heterocycles. The van der Waals surface area contributed by atoms with E-state index in [0.717, 1.165) is 28.1 Å². The Morgan fingerprint density at radius 3 is 2.33 bits per heavy atom. The molecule has 0 bridgehead atoms. The molecular weight excluding hydrogens is 376 g/mol. The van der Waals surface area contributed by atoms with Gasteiger partial charge in [0.05, 0.1) is 11.4 Å². The second kappa shape index (κ2) is 8.91. The highest BCUT2D eigenvalue weighted by molar-refractivity contribution is 5.92. The van der Waals surface area contributed by atoms with Crippen LogP contribution in [0.4, 0.5) is 0 Å². The van der Waals surface area contributed by atoms with Gasteiger partial charge in [-0.2, -0.15) is 5.10 Å². The van der Waals surface area contributed by atoms with Crippen LogP contribution < -0.4 is 0 Å². The van der Waals surface area contributed by atoms with Gasteiger partial charge in [0.1, 0.15) is 0 Å². The highest BCUT2D eigenvalue weighted by atomic mass is 16.5. The number of ketones is 1. The third-order valence-corrected chi connectivity index (χ3v) is 4.67. The van der Waals surface area contributed by atoms with Crippen molar-refractivity contribution in [3.8, 4) is 16.9 Å². The normalized spacial score (nSPS) is 11.6. The summed E-state index contributed by atoms with van der Waals surface area (Å²) in [6.07, 6.45) is 4.88. The molecule has 1 aromatic heterocycles. The Kier molecular flexibility index (Phi) is 6.31. The number of para-hydroxylation sites is 1. The topological polar surface area (TPSA) is 61.2 Å². The summed E-state index contributed by atoms with van der Waals surface area (Å²) in [5.41, 5.74) is 4.02. The van der Waals surface area contributed by atoms with Gasteiger partial charge in [-0.15, -0.1) is 0 Å². The van der Waals surface area contributed by atoms with Gasteiger partial charge in [-0.25, -0.2) is 9.48 Å². The fraction of sp³-hybridized carbons (Fsp3) is 0.240. The zero-order valence-corrected chi connectivity index (χ0v) is 17.8. The van der Waals surface area contributed by atoms with Gasteiger partial charge in [0.25, 0.3) is 0 Å². The predicted molar refractivity (Wildman–Crippen MR) is 118 cm³/mol. The minimum Gasteiger partial charge on any atom is -0.455 e. The second-order valence-corrected chi connectivity index (χ2v) is 8.19. The first kappa shape index (κ1) is 21.2. The van der Waals surface area contributed by atoms with Crippen LogP contribution in [0.15, 0.2) is 66.9 Å². The number of rotatable bonds is 6. The van der Waals surface area contributed by atoms with E-state index in [0.29, 0.717) is 0 Å². The van der Waals surface area contributed by atoms with E-state index >= 15 is 0 Å². The van der Waals surface area contributed by atoms with Gasteiger partial charge in [0.15, 0.2) is 12.4 Å². The summed E-state index contributed by atoms with van der Waals surface area (Å²) in [5, 5.41) is 4.72. The van der Waals surface area contributed by atoms with Crippen LogP contribution in [0.25, 0.3) is 23.0 Å². The largest absolute Gasteiger partial charge is 0.455 e. The Balaban J connectivity index is 1.86. The van der Waals surface area contributed by atoms with E-state index in [1.54, 1.807) is 31.5 Å². The van der Waals surface area contributed by atoms with Crippen molar-refractivity contribution in [3.05, 3.63) is 78.0 Å². The van der Waals surface area contributed by atoms with Crippen LogP contribution in [-0.4, -0.2) is 28.1 Å². The van der Waals surface area contributed by atoms with Crippen LogP contribution in [-0.2, 0) is 14.3 Å². The number of aromatic nitrogens is 2. The SMILES string of the molecule is Cc1ccc(-c2nn(-c3ccccc3)cc2/C=C/C(=O)OCC(=O)C(C)(C)C)cc1. The Bertz CT molecular complexity index is 1060. The molecule has 0 aliphatic rings. The first-order chi connectivity index (χ1) is 14.2. The molecule has 0 saturated carbocycles. The van der Waals surface area contributed by atoms with E-state index in [1.165, 1.54) is 6.08 Å². The molecule has 3 rings (SSSR count). The monoisotopic (exact) mass is 402 g/mol. The molecule has 2 aromatic carbocycles. The number of benzene rings is 2. The van der Waals surface area contributed by atoms with Gasteiger partial charge in [0, 0.05) is 28.8 Å². The van der Waals surface area contributed by atoms with E-state index in [9.17, 15) is 9.59 Å². The lowest BCUT2D eigenvalue weighted by atomic mass is 9.91. The van der Waals surface area contributed by atoms with Crippen LogP contribution >= 0.6 is 0 Å². The lowest BCUT2D eigenvalue weighted by Crippen LogP contribution is -2.25. The number of aryl methyl sites for hydroxylation is 1. The molecule has 3 aromatic rings. The predicted octanol–water partition coefficient (Wildman–Crippen LogP) is 5.02. The van der Waals surface area contributed by atoms with E-state index in [2.05, 4.69) is 0 Å². The molecule has 30 heavy (non-hydrogen) atoms. The minimum atomic E-state index is -0.560. The molecule has 0 N–H and O–H groups in total. The van der Waals surface area contributed by atoms with Crippen molar-refractivity contribution >= 4 is 17.8 Å². The Hall–Kier alpha value is -3.47. The third-order valence-electron chi connectivity index (χ3n) is 4.67. The summed E-state index contributed by atoms with van der Waals surface area (Å²) in [4.78, 5) is 24.1. The summed E-state index contributed by atoms with van der Waals surface area (Å²) < 4.78 is 6.88. The number of hydrogen-bond acceptors (Lipinski definition) is 4. The molecule has 0 aliphatic carbocycles. The van der Waals surface area contributed by atoms with Crippen LogP contribution in [0.1, 0.15) is 31.9 Å². The average Bonchev–Trinajstić information content (AvgIpc) is 3.15. The highest BCUT2D eigenvalue weighted by Crippen LogP contribution is 2.25. The van der Waals surface area contributed by atoms with Crippen LogP contribution in [0.3, 0.4) is 0 Å². The van der Waals surface area contributed by atoms with Gasteiger partial charge in [-0.3, -0.25) is 4.79 Å². The van der Waals surface area contributed by atoms with Crippen molar-refractivity contribution in [1.29, 1.82) is 0 Å². The van der Waals surface area contributed by atoms with Crippen molar-refractivity contribution in [2.24, 2.45) is 5.41 Å². The van der Waals surface area contributed by atoms with Gasteiger partial charge < -0.3 is 4.74 Å². The first-order valence-corrected chi connectivity index (χ1v) is 9.84. The van der Waals surface area contributed by atoms with E-state index in [-0.39, 0.29) is 12.4 Å². The maximum absolute atomic E-state index is 12.1. The number of ether oxygens (including phenoxy) is 1. The van der Waals surface area contributed by atoms with Gasteiger partial charge >= 0.3 is 5.97 Å². The average molecular weight is 402 g/mol. The Labute approximate surface area is 177 Å². The quantitative estimate of drug-likeness (QED) is 0.429. The third kappa shape index (κ3) is 5.32. The smallest absolute Gasteiger partial charge is 0.331 e. The van der Waals surface area contributed by atoms with Gasteiger partial charge in [-0.1, -0.05) is 68.8 Å². The Morgan fingerprint density at radius 1 is 1.03 bits per heavy atom. The summed E-state index contributed by atoms with van der Waals surface area (Å²) in [7, 11) is 0. The maximum Gasteiger partial charge on any atom is 0.331 e. The van der Waals surface area contributed by atoms with Crippen LogP contribution in [0.2, 0.25) is 0 Å². The number of esters is 1. The molecule has 0 fully saturated rings. The summed E-state index contributed by atoms with van der Waals surface area (Å²) in [5.74, 6) is -0.684. The van der Waals surface area contributed by atoms with E-state index in [1.807, 2.05) is 67.7 Å². The highest BCUT2D eigenvalue weighted by Gasteiger charge is 2.22. The van der Waals surface area contributed by atoms with Crippen LogP contribution in [0, 0.1) is 12.3 Å². The fourth-order valence-electron chi connectivity index (χ4n) is 2.72. The minimum absolute atomic E-state index is 0.124. The molecule has 5 heteroatoms. The summed E-state index contributed by atoms with van der Waals surface area (Å²) in [6.45, 7) is 7.18. The number of hydrogen-bond donors (Lipinski definition) is 0. The maximum atomic E-state index is 12.1. The van der Waals surface area contributed by atoms with Crippen molar-refractivity contribution in [1.82, 2.24) is 9.78 Å². The second-order valence-electron chi connectivity index (χ2n) is 8.19. The lowest BCUT2D eigenvalue weighted by Gasteiger charge is -2.15. The number of nitrogens with zero attached hydrogens (tertiary/aromatic N) is 2. The van der Waals surface area contributed by atoms with Crippen molar-refractivity contribution in [2.75, 3.05) is 6.61 Å². The van der Waals surface area contributed by atoms with Gasteiger partial charge in [-0.05, 0) is 25.1 Å². The van der Waals surface area contributed by atoms with Crippen molar-refractivity contribution < 1.29 is 14.3 Å². The fourth-order valence-corrected chi connectivity index (χ4v) is 2.72. The Morgan fingerprint density at radius 2 is 1.70 bits per heavy atom. The molecule has 154 valence electrons. The molecule has 0 atom stereocenters. The van der Waals surface area contributed by atoms with Gasteiger partial charge in [0.2, 0.25) is 0 Å². The molecule has 0 aliphatic heterocycles. The zero-order chi connectivity index (χ0) is 21.7. The molecule has 0 unspecified atom stereocenters. The standard InChI is InChI=1S/C25H26N2O3/c1-18-10-12-19(13-11-18)24-20(16-27(26-24)21-8-6-5-7-9-21)14-15-23(29)30-17-22(28)25(2,3)4/h5-16H,17H2,1-4H3/b15-14+. The molecule has 0 amide bonds. The zero-order valence-electron chi connectivity index (χ0n) is 17.8. The number of carbonyl (C=O) groups excluding carboxylic acids is 2. The molecule has 0 saturated heterocycles. The molecule has 0 radical (unpaired) electrons. The first-order valence-electron chi connectivity index (χ1n) is 9.84. The van der Waals surface area contributed by atoms with Crippen molar-refractivity contribution in [3.63, 3.8) is 0 Å².